The molecule has 2 aromatic carbocycles. The maximum atomic E-state index is 13.5. The van der Waals surface area contributed by atoms with Crippen molar-refractivity contribution in [2.75, 3.05) is 11.9 Å². The maximum absolute atomic E-state index is 13.5. The van der Waals surface area contributed by atoms with Gasteiger partial charge in [-0.05, 0) is 36.8 Å². The van der Waals surface area contributed by atoms with Crippen molar-refractivity contribution in [3.05, 3.63) is 59.4 Å². The van der Waals surface area contributed by atoms with Gasteiger partial charge in [0, 0.05) is 5.56 Å². The van der Waals surface area contributed by atoms with E-state index in [0.29, 0.717) is 10.7 Å². The van der Waals surface area contributed by atoms with E-state index in [4.69, 9.17) is 0 Å². The predicted octanol–water partition coefficient (Wildman–Crippen LogP) is 2.62. The molecule has 3 aromatic rings. The number of fused-ring (bicyclic) bond motifs is 1. The Morgan fingerprint density at radius 2 is 1.96 bits per heavy atom. The lowest BCUT2D eigenvalue weighted by atomic mass is 10.1. The van der Waals surface area contributed by atoms with E-state index in [1.807, 2.05) is 24.3 Å². The Kier molecular flexibility index (Phi) is 4.90. The Balaban J connectivity index is 1.50. The van der Waals surface area contributed by atoms with Gasteiger partial charge in [0.25, 0.3) is 11.8 Å². The van der Waals surface area contributed by atoms with E-state index in [2.05, 4.69) is 21.2 Å². The maximum Gasteiger partial charge on any atom is 0.269 e. The number of benzene rings is 2. The minimum Gasteiger partial charge on any atom is -0.352 e. The van der Waals surface area contributed by atoms with Crippen LogP contribution in [-0.2, 0) is 4.79 Å². The number of nitrogens with zero attached hydrogens (tertiary/aromatic N) is 1. The van der Waals surface area contributed by atoms with Crippen molar-refractivity contribution in [1.82, 2.24) is 15.8 Å². The number of amides is 2. The Bertz CT molecular complexity index is 908. The summed E-state index contributed by atoms with van der Waals surface area (Å²) in [5.41, 5.74) is 5.94. The molecule has 0 saturated heterocycles. The molecule has 0 radical (unpaired) electrons. The summed E-state index contributed by atoms with van der Waals surface area (Å²) in [6.07, 6.45) is 0. The predicted molar refractivity (Wildman–Crippen MR) is 94.9 cm³/mol. The molecule has 0 aliphatic heterocycles. The van der Waals surface area contributed by atoms with Crippen molar-refractivity contribution in [3.8, 4) is 0 Å². The summed E-state index contributed by atoms with van der Waals surface area (Å²) in [7, 11) is 0. The van der Waals surface area contributed by atoms with E-state index < -0.39 is 17.6 Å². The lowest BCUT2D eigenvalue weighted by molar-refractivity contribution is -0.120. The van der Waals surface area contributed by atoms with Gasteiger partial charge < -0.3 is 5.32 Å². The molecule has 0 aliphatic rings. The molecular formula is C17H15FN4O2S. The average Bonchev–Trinajstić information content (AvgIpc) is 3.03. The number of carbonyl (C=O) groups is 2. The SMILES string of the molecule is Cc1ccc(C(=O)NNC(=O)CNc2nc3ccccc3s2)cc1F. The normalized spacial score (nSPS) is 10.5. The van der Waals surface area contributed by atoms with Crippen LogP contribution in [0.2, 0.25) is 0 Å². The number of carbonyl (C=O) groups excluding carboxylic acids is 2. The third kappa shape index (κ3) is 4.10. The van der Waals surface area contributed by atoms with Crippen LogP contribution in [0.1, 0.15) is 15.9 Å². The van der Waals surface area contributed by atoms with Crippen molar-refractivity contribution in [1.29, 1.82) is 0 Å². The van der Waals surface area contributed by atoms with Crippen molar-refractivity contribution in [3.63, 3.8) is 0 Å². The number of anilines is 1. The highest BCUT2D eigenvalue weighted by atomic mass is 32.1. The zero-order chi connectivity index (χ0) is 17.8. The Morgan fingerprint density at radius 1 is 1.16 bits per heavy atom. The van der Waals surface area contributed by atoms with Gasteiger partial charge in [-0.1, -0.05) is 29.5 Å². The fourth-order valence-electron chi connectivity index (χ4n) is 2.08. The first-order chi connectivity index (χ1) is 12.0. The second-order valence-corrected chi connectivity index (χ2v) is 6.34. The molecule has 128 valence electrons. The number of aryl methyl sites for hydroxylation is 1. The number of hydrazine groups is 1. The summed E-state index contributed by atoms with van der Waals surface area (Å²) in [5.74, 6) is -1.51. The quantitative estimate of drug-likeness (QED) is 0.626. The van der Waals surface area contributed by atoms with Crippen LogP contribution in [0.3, 0.4) is 0 Å². The second kappa shape index (κ2) is 7.27. The number of para-hydroxylation sites is 1. The van der Waals surface area contributed by atoms with Crippen LogP contribution in [0.25, 0.3) is 10.2 Å². The third-order valence-electron chi connectivity index (χ3n) is 3.44. The van der Waals surface area contributed by atoms with Crippen molar-refractivity contribution < 1.29 is 14.0 Å². The van der Waals surface area contributed by atoms with Crippen molar-refractivity contribution in [2.24, 2.45) is 0 Å². The van der Waals surface area contributed by atoms with Crippen LogP contribution in [0.15, 0.2) is 42.5 Å². The van der Waals surface area contributed by atoms with E-state index in [9.17, 15) is 14.0 Å². The number of hydrogen-bond donors (Lipinski definition) is 3. The average molecular weight is 358 g/mol. The van der Waals surface area contributed by atoms with E-state index >= 15 is 0 Å². The van der Waals surface area contributed by atoms with Gasteiger partial charge in [0.05, 0.1) is 16.8 Å². The van der Waals surface area contributed by atoms with E-state index in [-0.39, 0.29) is 12.1 Å². The lowest BCUT2D eigenvalue weighted by Gasteiger charge is -2.08. The first-order valence-electron chi connectivity index (χ1n) is 7.48. The van der Waals surface area contributed by atoms with Gasteiger partial charge in [0.1, 0.15) is 5.82 Å². The van der Waals surface area contributed by atoms with Gasteiger partial charge in [-0.15, -0.1) is 0 Å². The monoisotopic (exact) mass is 358 g/mol. The first-order valence-corrected chi connectivity index (χ1v) is 8.29. The van der Waals surface area contributed by atoms with Gasteiger partial charge in [-0.2, -0.15) is 0 Å². The molecule has 0 saturated carbocycles. The van der Waals surface area contributed by atoms with Crippen molar-refractivity contribution in [2.45, 2.75) is 6.92 Å². The lowest BCUT2D eigenvalue weighted by Crippen LogP contribution is -2.44. The summed E-state index contributed by atoms with van der Waals surface area (Å²) in [5, 5.41) is 3.51. The third-order valence-corrected chi connectivity index (χ3v) is 4.44. The number of nitrogens with one attached hydrogen (secondary N) is 3. The highest BCUT2D eigenvalue weighted by molar-refractivity contribution is 7.22. The highest BCUT2D eigenvalue weighted by Crippen LogP contribution is 2.24. The molecule has 0 atom stereocenters. The molecule has 1 aromatic heterocycles. The number of thiazole rings is 1. The fraction of sp³-hybridized carbons (Fsp3) is 0.118. The number of rotatable bonds is 4. The van der Waals surface area contributed by atoms with E-state index in [1.165, 1.54) is 23.5 Å². The molecule has 0 spiro atoms. The molecule has 0 bridgehead atoms. The summed E-state index contributed by atoms with van der Waals surface area (Å²) in [6, 6.07) is 11.7. The van der Waals surface area contributed by atoms with Gasteiger partial charge in [-0.3, -0.25) is 20.4 Å². The summed E-state index contributed by atoms with van der Waals surface area (Å²) in [6.45, 7) is 1.55. The molecule has 8 heteroatoms. The molecule has 6 nitrogen and oxygen atoms in total. The highest BCUT2D eigenvalue weighted by Gasteiger charge is 2.10. The molecule has 1 heterocycles. The number of hydrogen-bond acceptors (Lipinski definition) is 5. The summed E-state index contributed by atoms with van der Waals surface area (Å²) >= 11 is 1.43. The van der Waals surface area contributed by atoms with Crippen LogP contribution >= 0.6 is 11.3 Å². The molecular weight excluding hydrogens is 343 g/mol. The Morgan fingerprint density at radius 3 is 2.72 bits per heavy atom. The van der Waals surface area contributed by atoms with Crippen LogP contribution in [-0.4, -0.2) is 23.3 Å². The minimum atomic E-state index is -0.591. The Hall–Kier alpha value is -3.00. The minimum absolute atomic E-state index is 0.0532. The molecule has 0 fully saturated rings. The van der Waals surface area contributed by atoms with Crippen LogP contribution in [0.5, 0.6) is 0 Å². The van der Waals surface area contributed by atoms with Gasteiger partial charge in [0.2, 0.25) is 0 Å². The van der Waals surface area contributed by atoms with Gasteiger partial charge in [-0.25, -0.2) is 9.37 Å². The molecule has 0 unspecified atom stereocenters. The smallest absolute Gasteiger partial charge is 0.269 e. The first kappa shape index (κ1) is 16.8. The van der Waals surface area contributed by atoms with Gasteiger partial charge in [0.15, 0.2) is 5.13 Å². The summed E-state index contributed by atoms with van der Waals surface area (Å²) < 4.78 is 14.5. The molecule has 3 rings (SSSR count). The van der Waals surface area contributed by atoms with Crippen molar-refractivity contribution >= 4 is 38.5 Å². The molecule has 25 heavy (non-hydrogen) atoms. The van der Waals surface area contributed by atoms with Gasteiger partial charge >= 0.3 is 0 Å². The Labute approximate surface area is 147 Å². The fourth-order valence-corrected chi connectivity index (χ4v) is 2.94. The molecule has 2 amide bonds. The number of halogens is 1. The van der Waals surface area contributed by atoms with Crippen LogP contribution in [0, 0.1) is 12.7 Å². The topological polar surface area (TPSA) is 83.1 Å². The van der Waals surface area contributed by atoms with Crippen LogP contribution in [0.4, 0.5) is 9.52 Å². The summed E-state index contributed by atoms with van der Waals surface area (Å²) in [4.78, 5) is 28.0. The zero-order valence-corrected chi connectivity index (χ0v) is 14.1. The van der Waals surface area contributed by atoms with E-state index in [0.717, 1.165) is 16.3 Å². The standard InChI is InChI=1S/C17H15FN4O2S/c1-10-6-7-11(8-12(10)18)16(24)22-21-15(23)9-19-17-20-13-4-2-3-5-14(13)25-17/h2-8H,9H2,1H3,(H,19,20)(H,21,23)(H,22,24). The number of aromatic nitrogens is 1. The molecule has 3 N–H and O–H groups in total. The molecule has 0 aliphatic carbocycles. The second-order valence-electron chi connectivity index (χ2n) is 5.31. The largest absolute Gasteiger partial charge is 0.352 e. The van der Waals surface area contributed by atoms with Crippen LogP contribution < -0.4 is 16.2 Å². The zero-order valence-electron chi connectivity index (χ0n) is 13.3. The van der Waals surface area contributed by atoms with E-state index in [1.54, 1.807) is 6.92 Å².